The molecule has 9 aromatic rings. The molecule has 1 N–H and O–H groups in total. The van der Waals surface area contributed by atoms with Crippen LogP contribution in [0, 0.1) is 0 Å². The van der Waals surface area contributed by atoms with E-state index in [1.165, 1.54) is 68.7 Å². The maximum absolute atomic E-state index is 10.7. The summed E-state index contributed by atoms with van der Waals surface area (Å²) in [6.07, 6.45) is 6.92. The van der Waals surface area contributed by atoms with Crippen molar-refractivity contribution in [3.63, 3.8) is 0 Å². The monoisotopic (exact) mass is 857 g/mol. The van der Waals surface area contributed by atoms with Crippen LogP contribution in [0.25, 0.3) is 79.2 Å². The molecule has 0 bridgehead atoms. The summed E-state index contributed by atoms with van der Waals surface area (Å²) < 4.78 is 7.90. The Morgan fingerprint density at radius 1 is 0.673 bits per heavy atom. The second kappa shape index (κ2) is 17.9. The Morgan fingerprint density at radius 3 is 1.96 bits per heavy atom. The van der Waals surface area contributed by atoms with Crippen LogP contribution in [0.5, 0.6) is 0 Å². The van der Waals surface area contributed by atoms with Gasteiger partial charge in [0.05, 0.1) is 55.0 Å². The molecule has 0 radical (unpaired) electrons. The van der Waals surface area contributed by atoms with E-state index >= 15 is 0 Å². The van der Waals surface area contributed by atoms with Crippen LogP contribution in [0.2, 0.25) is 0 Å². The second-order valence-corrected chi connectivity index (χ2v) is 13.7. The Morgan fingerprint density at radius 2 is 1.31 bits per heavy atom. The molecule has 0 saturated carbocycles. The summed E-state index contributed by atoms with van der Waals surface area (Å²) in [6.45, 7) is 0. The molecule has 8 heterocycles. The molecule has 0 saturated heterocycles. The van der Waals surface area contributed by atoms with Gasteiger partial charge < -0.3 is 15.9 Å². The van der Waals surface area contributed by atoms with Gasteiger partial charge in [-0.15, -0.1) is 34.0 Å². The van der Waals surface area contributed by atoms with Crippen LogP contribution in [0.3, 0.4) is 0 Å². The first kappa shape index (κ1) is 38.2. The third-order valence-electron chi connectivity index (χ3n) is 7.38. The topological polar surface area (TPSA) is 138 Å². The fourth-order valence-corrected chi connectivity index (χ4v) is 9.14. The van der Waals surface area contributed by atoms with Crippen molar-refractivity contribution < 1.29 is 29.4 Å². The molecule has 0 spiro atoms. The number of aromatic carboxylic acids is 1. The summed E-state index contributed by atoms with van der Waals surface area (Å²) in [5.74, 6) is -0.963. The van der Waals surface area contributed by atoms with Crippen LogP contribution in [0.4, 0.5) is 0 Å². The maximum Gasteiger partial charge on any atom is 2.00 e. The number of isothiocyanates is 2. The number of carboxylic acids is 1. The van der Waals surface area contributed by atoms with Crippen LogP contribution < -0.4 is 0 Å². The van der Waals surface area contributed by atoms with Crippen LogP contribution in [0.1, 0.15) is 10.4 Å². The summed E-state index contributed by atoms with van der Waals surface area (Å²) in [5.41, 5.74) is 5.59. The average Bonchev–Trinajstić information content (AvgIpc) is 3.93. The largest absolute Gasteiger partial charge is 2.00 e. The number of aromatic nitrogens is 5. The number of benzene rings is 1. The predicted octanol–water partition coefficient (Wildman–Crippen LogP) is 10.9. The van der Waals surface area contributed by atoms with Crippen molar-refractivity contribution in [2.45, 2.75) is 0 Å². The van der Waals surface area contributed by atoms with E-state index in [9.17, 15) is 4.79 Å². The molecule has 0 unspecified atom stereocenters. The van der Waals surface area contributed by atoms with Crippen LogP contribution in [-0.4, -0.2) is 45.9 Å². The van der Waals surface area contributed by atoms with Gasteiger partial charge in [-0.3, -0.25) is 24.5 Å². The number of nitrogens with zero attached hydrogens (tertiary/aromatic N) is 7. The molecule has 52 heavy (non-hydrogen) atoms. The molecule has 0 amide bonds. The van der Waals surface area contributed by atoms with Gasteiger partial charge in [0, 0.05) is 38.8 Å². The van der Waals surface area contributed by atoms with Crippen molar-refractivity contribution >= 4 is 115 Å². The minimum absolute atomic E-state index is 0. The Kier molecular flexibility index (Phi) is 13.2. The Bertz CT molecular complexity index is 2680. The van der Waals surface area contributed by atoms with Gasteiger partial charge in [-0.25, -0.2) is 4.79 Å². The van der Waals surface area contributed by atoms with Crippen molar-refractivity contribution in [3.8, 4) is 27.8 Å². The number of carboxylic acid groups (broad SMARTS) is 1. The Labute approximate surface area is 332 Å². The molecule has 9 nitrogen and oxygen atoms in total. The predicted molar refractivity (Wildman–Crippen MR) is 217 cm³/mol. The molecular weight excluding hydrogens is 836 g/mol. The number of hydrogen-bond donors (Lipinski definition) is 1. The fourth-order valence-electron chi connectivity index (χ4n) is 5.35. The first-order valence-corrected chi connectivity index (χ1v) is 18.1. The van der Waals surface area contributed by atoms with E-state index in [0.29, 0.717) is 11.4 Å². The second-order valence-electron chi connectivity index (χ2n) is 10.3. The Hall–Kier alpha value is -5.07. The van der Waals surface area contributed by atoms with E-state index in [-0.39, 0.29) is 25.0 Å². The van der Waals surface area contributed by atoms with Crippen molar-refractivity contribution in [1.29, 1.82) is 0 Å². The number of hydrogen-bond acceptors (Lipinski definition) is 10. The molecule has 0 aliphatic heterocycles. The Balaban J connectivity index is 0.000000201. The van der Waals surface area contributed by atoms with Gasteiger partial charge in [-0.2, -0.15) is 10.3 Å². The summed E-state index contributed by atoms with van der Waals surface area (Å²) >= 11 is 13.0. The van der Waals surface area contributed by atoms with Gasteiger partial charge in [0.15, 0.2) is 0 Å². The molecule has 254 valence electrons. The summed E-state index contributed by atoms with van der Waals surface area (Å²) in [6, 6.07) is 29.6. The number of thiocarbonyl (C=S) groups is 2. The number of thiophene rings is 3. The third kappa shape index (κ3) is 8.19. The van der Waals surface area contributed by atoms with E-state index in [1.54, 1.807) is 18.3 Å². The van der Waals surface area contributed by atoms with Gasteiger partial charge in [0.2, 0.25) is 0 Å². The summed E-state index contributed by atoms with van der Waals surface area (Å²) in [4.78, 5) is 28.1. The van der Waals surface area contributed by atoms with E-state index in [1.807, 2.05) is 70.7 Å². The van der Waals surface area contributed by atoms with Gasteiger partial charge in [0.25, 0.3) is 0 Å². The summed E-state index contributed by atoms with van der Waals surface area (Å²) in [7, 11) is 0. The molecule has 1 aromatic carbocycles. The van der Waals surface area contributed by atoms with Gasteiger partial charge in [0.1, 0.15) is 5.00 Å². The van der Waals surface area contributed by atoms with Crippen LogP contribution in [0.15, 0.2) is 121 Å². The zero-order valence-electron chi connectivity index (χ0n) is 26.4. The van der Waals surface area contributed by atoms with E-state index in [0.717, 1.165) is 16.9 Å². The van der Waals surface area contributed by atoms with Crippen molar-refractivity contribution in [2.24, 2.45) is 0 Å². The molecule has 8 aromatic heterocycles. The molecule has 0 fully saturated rings. The first-order chi connectivity index (χ1) is 25.0. The maximum atomic E-state index is 10.7. The number of fused-ring (bicyclic) bond motifs is 6. The van der Waals surface area contributed by atoms with Gasteiger partial charge in [-0.05, 0) is 66.0 Å². The summed E-state index contributed by atoms with van der Waals surface area (Å²) in [5, 5.41) is 31.6. The first-order valence-electron chi connectivity index (χ1n) is 14.8. The molecule has 0 aliphatic rings. The third-order valence-corrected chi connectivity index (χ3v) is 10.9. The van der Waals surface area contributed by atoms with Gasteiger partial charge >= 0.3 is 25.4 Å². The number of carbonyl (C=O) groups is 1. The van der Waals surface area contributed by atoms with Crippen molar-refractivity contribution in [1.82, 2.24) is 24.5 Å². The van der Waals surface area contributed by atoms with E-state index in [2.05, 4.69) is 91.8 Å². The number of para-hydroxylation sites is 1. The minimum Gasteiger partial charge on any atom is -0.753 e. The zero-order chi connectivity index (χ0) is 35.7. The standard InChI is InChI=1S/C24H13N3S3.C11H8N2O2.2CNS.Ru/c1-2-7-18-14(5-1)15-11-17(16-6-3-4-9-25-16)26-13-19(15)27(18)22-12-21-24(30-22)23-20(29-21)8-10-28-23;14-11(15)8-4-6-13-10(7-8)9-3-1-2-5-12-9;2*2-1-3;/h1-13H;1-7H,(H,14,15);;;/q;;2*-1;+2. The fraction of sp³-hybridized carbons (Fsp3) is 0. The van der Waals surface area contributed by atoms with Crippen LogP contribution >= 0.6 is 58.4 Å². The molecule has 0 atom stereocenters. The average molecular weight is 857 g/mol. The molecular formula is C37H21N7O2RuS5. The molecule has 15 heteroatoms. The van der Waals surface area contributed by atoms with Crippen molar-refractivity contribution in [3.05, 3.63) is 138 Å². The smallest absolute Gasteiger partial charge is 0.753 e. The zero-order valence-corrected chi connectivity index (χ0v) is 32.2. The minimum atomic E-state index is -0.963. The van der Waals surface area contributed by atoms with E-state index in [4.69, 9.17) is 20.9 Å². The van der Waals surface area contributed by atoms with Crippen LogP contribution in [-0.2, 0) is 19.5 Å². The SMILES string of the molecule is O=C(O)c1ccnc(-c2ccccn2)c1.[N-]=C=S.[N-]=C=S.[Ru+2].c1ccc(-c2cc3c4ccccc4n(-c4cc5sc6ccsc6c5s4)c3cn2)nc1. The van der Waals surface area contributed by atoms with Crippen molar-refractivity contribution in [2.75, 3.05) is 0 Å². The number of pyridine rings is 4. The quantitative estimate of drug-likeness (QED) is 0.105. The normalized spacial score (nSPS) is 10.1. The molecule has 9 rings (SSSR count). The molecule has 0 aliphatic carbocycles. The van der Waals surface area contributed by atoms with E-state index < -0.39 is 5.97 Å². The number of rotatable bonds is 4. The van der Waals surface area contributed by atoms with Gasteiger partial charge in [-0.1, -0.05) is 54.8 Å².